The molecule has 0 aliphatic heterocycles. The molecule has 0 spiro atoms. The molecule has 7 heteroatoms. The molecule has 0 atom stereocenters. The number of carbonyl (C=O) groups is 2. The van der Waals surface area contributed by atoms with Gasteiger partial charge in [-0.2, -0.15) is 0 Å². The minimum Gasteiger partial charge on any atom is -0.449 e. The van der Waals surface area contributed by atoms with Crippen molar-refractivity contribution >= 4 is 23.5 Å². The average Bonchev–Trinajstić information content (AvgIpc) is 2.81. The molecule has 0 saturated carbocycles. The molecule has 0 aromatic heterocycles. The first-order chi connectivity index (χ1) is 16.9. The maximum absolute atomic E-state index is 12.1. The summed E-state index contributed by atoms with van der Waals surface area (Å²) in [7, 11) is 0. The maximum atomic E-state index is 12.1. The lowest BCUT2D eigenvalue weighted by Crippen LogP contribution is -2.29. The van der Waals surface area contributed by atoms with E-state index in [1.54, 1.807) is 12.1 Å². The summed E-state index contributed by atoms with van der Waals surface area (Å²) >= 11 is 0. The Morgan fingerprint density at radius 3 is 2.14 bits per heavy atom. The molecule has 0 unspecified atom stereocenters. The second kappa shape index (κ2) is 20.0. The summed E-state index contributed by atoms with van der Waals surface area (Å²) in [6, 6.07) is 5.15. The van der Waals surface area contributed by atoms with E-state index in [9.17, 15) is 9.59 Å². The number of rotatable bonds is 19. The van der Waals surface area contributed by atoms with Gasteiger partial charge in [0, 0.05) is 17.9 Å². The molecular formula is C28H50N4O3. The van der Waals surface area contributed by atoms with Gasteiger partial charge in [-0.25, -0.2) is 9.59 Å². The molecule has 0 heterocycles. The number of amides is 3. The highest BCUT2D eigenvalue weighted by Crippen LogP contribution is 2.20. The Labute approximate surface area is 213 Å². The number of aryl methyl sites for hydroxylation is 1. The number of benzene rings is 1. The number of unbranched alkanes of at least 4 members (excludes halogenated alkanes) is 10. The van der Waals surface area contributed by atoms with E-state index in [-0.39, 0.29) is 6.03 Å². The van der Waals surface area contributed by atoms with Gasteiger partial charge in [0.1, 0.15) is 0 Å². The van der Waals surface area contributed by atoms with Gasteiger partial charge in [-0.05, 0) is 62.4 Å². The van der Waals surface area contributed by atoms with Crippen LogP contribution in [0.25, 0.3) is 0 Å². The Morgan fingerprint density at radius 2 is 1.49 bits per heavy atom. The van der Waals surface area contributed by atoms with Crippen molar-refractivity contribution in [2.45, 2.75) is 104 Å². The molecule has 0 saturated heterocycles. The molecule has 5 N–H and O–H groups in total. The number of anilines is 2. The van der Waals surface area contributed by atoms with Gasteiger partial charge in [0.25, 0.3) is 0 Å². The Kier molecular flexibility index (Phi) is 17.5. The van der Waals surface area contributed by atoms with Crippen LogP contribution >= 0.6 is 0 Å². The van der Waals surface area contributed by atoms with Crippen LogP contribution in [0.4, 0.5) is 21.0 Å². The fourth-order valence-electron chi connectivity index (χ4n) is 3.91. The molecule has 0 aliphatic rings. The van der Waals surface area contributed by atoms with Crippen LogP contribution in [-0.4, -0.2) is 31.8 Å². The molecule has 35 heavy (non-hydrogen) atoms. The number of hydrogen-bond acceptors (Lipinski definition) is 4. The zero-order valence-electron chi connectivity index (χ0n) is 22.4. The van der Waals surface area contributed by atoms with Crippen LogP contribution in [0.15, 0.2) is 18.2 Å². The smallest absolute Gasteiger partial charge is 0.411 e. The van der Waals surface area contributed by atoms with E-state index in [0.29, 0.717) is 31.1 Å². The van der Waals surface area contributed by atoms with Crippen molar-refractivity contribution in [1.82, 2.24) is 5.32 Å². The molecule has 3 amide bonds. The minimum absolute atomic E-state index is 0.224. The van der Waals surface area contributed by atoms with Gasteiger partial charge in [-0.3, -0.25) is 5.32 Å². The molecule has 1 aromatic carbocycles. The number of carbonyl (C=O) groups excluding carboxylic acids is 2. The molecule has 1 aromatic rings. The Balaban J connectivity index is 2.13. The van der Waals surface area contributed by atoms with Crippen LogP contribution in [0.2, 0.25) is 0 Å². The zero-order valence-corrected chi connectivity index (χ0v) is 22.4. The SMILES string of the molecule is Cc1cc(NC(=O)OCCCCCCCCCCC(C)C)ccc1NC(=O)NCCCCCCN. The van der Waals surface area contributed by atoms with Crippen LogP contribution in [0.1, 0.15) is 103 Å². The van der Waals surface area contributed by atoms with Crippen LogP contribution in [-0.2, 0) is 4.74 Å². The second-order valence-electron chi connectivity index (χ2n) is 9.89. The van der Waals surface area contributed by atoms with Gasteiger partial charge >= 0.3 is 12.1 Å². The van der Waals surface area contributed by atoms with Crippen molar-refractivity contribution in [3.05, 3.63) is 23.8 Å². The van der Waals surface area contributed by atoms with Gasteiger partial charge in [0.05, 0.1) is 6.61 Å². The standard InChI is InChI=1S/C28H50N4O3/c1-23(2)16-12-8-6-4-5-7-11-15-21-35-28(34)31-25-17-18-26(24(3)22-25)32-27(33)30-20-14-10-9-13-19-29/h17-18,22-23H,4-16,19-21,29H2,1-3H3,(H,31,34)(H2,30,32,33). The second-order valence-corrected chi connectivity index (χ2v) is 9.89. The van der Waals surface area contributed by atoms with E-state index in [1.165, 1.54) is 44.9 Å². The third-order valence-electron chi connectivity index (χ3n) is 6.05. The van der Waals surface area contributed by atoms with Gasteiger partial charge in [-0.1, -0.05) is 78.1 Å². The lowest BCUT2D eigenvalue weighted by molar-refractivity contribution is 0.159. The van der Waals surface area contributed by atoms with Crippen LogP contribution in [0.5, 0.6) is 0 Å². The maximum Gasteiger partial charge on any atom is 0.411 e. The van der Waals surface area contributed by atoms with E-state index in [1.807, 2.05) is 13.0 Å². The first-order valence-electron chi connectivity index (χ1n) is 13.7. The molecule has 0 radical (unpaired) electrons. The third kappa shape index (κ3) is 16.9. The summed E-state index contributed by atoms with van der Waals surface area (Å²) in [6.45, 7) is 8.26. The summed E-state index contributed by atoms with van der Waals surface area (Å²) in [5.74, 6) is 0.817. The van der Waals surface area contributed by atoms with Crippen molar-refractivity contribution in [3.8, 4) is 0 Å². The monoisotopic (exact) mass is 490 g/mol. The van der Waals surface area contributed by atoms with Gasteiger partial charge in [-0.15, -0.1) is 0 Å². The third-order valence-corrected chi connectivity index (χ3v) is 6.05. The lowest BCUT2D eigenvalue weighted by Gasteiger charge is -2.12. The van der Waals surface area contributed by atoms with Crippen molar-refractivity contribution < 1.29 is 14.3 Å². The van der Waals surface area contributed by atoms with Crippen molar-refractivity contribution in [2.75, 3.05) is 30.3 Å². The molecule has 0 aliphatic carbocycles. The van der Waals surface area contributed by atoms with Crippen LogP contribution in [0.3, 0.4) is 0 Å². The average molecular weight is 491 g/mol. The highest BCUT2D eigenvalue weighted by Gasteiger charge is 2.08. The molecule has 7 nitrogen and oxygen atoms in total. The number of urea groups is 1. The predicted octanol–water partition coefficient (Wildman–Crippen LogP) is 7.35. The Bertz CT molecular complexity index is 709. The molecule has 0 fully saturated rings. The fourth-order valence-corrected chi connectivity index (χ4v) is 3.91. The largest absolute Gasteiger partial charge is 0.449 e. The highest BCUT2D eigenvalue weighted by molar-refractivity contribution is 5.91. The van der Waals surface area contributed by atoms with Crippen molar-refractivity contribution in [3.63, 3.8) is 0 Å². The molecule has 0 bridgehead atoms. The number of nitrogens with two attached hydrogens (primary N) is 1. The van der Waals surface area contributed by atoms with Gasteiger partial charge < -0.3 is 21.1 Å². The lowest BCUT2D eigenvalue weighted by atomic mass is 10.0. The van der Waals surface area contributed by atoms with E-state index < -0.39 is 6.09 Å². The van der Waals surface area contributed by atoms with Crippen molar-refractivity contribution in [1.29, 1.82) is 0 Å². The molecule has 1 rings (SSSR count). The van der Waals surface area contributed by atoms with E-state index in [2.05, 4.69) is 29.8 Å². The minimum atomic E-state index is -0.442. The first kappa shape index (κ1) is 30.8. The van der Waals surface area contributed by atoms with Crippen molar-refractivity contribution in [2.24, 2.45) is 11.7 Å². The summed E-state index contributed by atoms with van der Waals surface area (Å²) < 4.78 is 5.31. The van der Waals surface area contributed by atoms with E-state index in [0.717, 1.165) is 50.0 Å². The predicted molar refractivity (Wildman–Crippen MR) is 147 cm³/mol. The van der Waals surface area contributed by atoms with Gasteiger partial charge in [0.2, 0.25) is 0 Å². The van der Waals surface area contributed by atoms with Gasteiger partial charge in [0.15, 0.2) is 0 Å². The number of nitrogens with one attached hydrogen (secondary N) is 3. The summed E-state index contributed by atoms with van der Waals surface area (Å²) in [5, 5.41) is 8.49. The number of ether oxygens (including phenoxy) is 1. The molecule has 200 valence electrons. The zero-order chi connectivity index (χ0) is 25.7. The summed E-state index contributed by atoms with van der Waals surface area (Å²) in [6.07, 6.45) is 14.8. The molecular weight excluding hydrogens is 440 g/mol. The Morgan fingerprint density at radius 1 is 0.857 bits per heavy atom. The number of hydrogen-bond donors (Lipinski definition) is 4. The fraction of sp³-hybridized carbons (Fsp3) is 0.714. The summed E-state index contributed by atoms with van der Waals surface area (Å²) in [5.41, 5.74) is 7.71. The first-order valence-corrected chi connectivity index (χ1v) is 13.7. The topological polar surface area (TPSA) is 105 Å². The van der Waals surface area contributed by atoms with E-state index in [4.69, 9.17) is 10.5 Å². The quantitative estimate of drug-likeness (QED) is 0.152. The summed E-state index contributed by atoms with van der Waals surface area (Å²) in [4.78, 5) is 24.1. The van der Waals surface area contributed by atoms with Crippen LogP contribution < -0.4 is 21.7 Å². The highest BCUT2D eigenvalue weighted by atomic mass is 16.5. The Hall–Kier alpha value is -2.28. The normalized spacial score (nSPS) is 10.9. The van der Waals surface area contributed by atoms with Crippen LogP contribution in [0, 0.1) is 12.8 Å². The van der Waals surface area contributed by atoms with E-state index >= 15 is 0 Å².